The second-order valence-electron chi connectivity index (χ2n) is 1.94. The van der Waals surface area contributed by atoms with Gasteiger partial charge in [-0.3, -0.25) is 8.42 Å². The van der Waals surface area contributed by atoms with Crippen LogP contribution < -0.4 is 10.2 Å². The summed E-state index contributed by atoms with van der Waals surface area (Å²) in [5.41, 5.74) is 0. The maximum atomic E-state index is 9.63. The molecule has 0 aliphatic heterocycles. The molecule has 0 aromatic carbocycles. The minimum Gasteiger partial charge on any atom is -0.759 e. The summed E-state index contributed by atoms with van der Waals surface area (Å²) >= 11 is 0. The molecule has 0 aliphatic carbocycles. The van der Waals surface area contributed by atoms with Crippen molar-refractivity contribution in [2.75, 3.05) is 0 Å². The van der Waals surface area contributed by atoms with Gasteiger partial charge in [-0.15, -0.1) is 0 Å². The zero-order chi connectivity index (χ0) is 12.8. The average molecular weight is 308 g/mol. The van der Waals surface area contributed by atoms with Crippen LogP contribution >= 0.6 is 0 Å². The normalized spacial score (nSPS) is 13.5. The molecule has 2 N–H and O–H groups in total. The Morgan fingerprint density at radius 3 is 1.12 bits per heavy atom. The molecule has 0 fully saturated rings. The van der Waals surface area contributed by atoms with E-state index in [-0.39, 0.29) is 17.1 Å². The molecule has 0 spiro atoms. The molecule has 1 radical (unpaired) electrons. The van der Waals surface area contributed by atoms with Crippen LogP contribution in [0.15, 0.2) is 0 Å². The summed E-state index contributed by atoms with van der Waals surface area (Å²) in [7, 11) is -5.17. The van der Waals surface area contributed by atoms with Crippen molar-refractivity contribution in [2.24, 2.45) is 0 Å². The van der Waals surface area contributed by atoms with Gasteiger partial charge in [-0.25, -0.2) is 0 Å². The summed E-state index contributed by atoms with van der Waals surface area (Å²) in [5.74, 6) is -4.12. The molecule has 2 atom stereocenters. The zero-order valence-electron chi connectivity index (χ0n) is 7.02. The number of carbonyl (C=O) groups excluding carboxylic acids is 2. The van der Waals surface area contributed by atoms with E-state index in [2.05, 4.69) is 0 Å². The van der Waals surface area contributed by atoms with Crippen molar-refractivity contribution in [3.05, 3.63) is 0 Å². The predicted molar refractivity (Wildman–Crippen MR) is 32.5 cm³/mol. The van der Waals surface area contributed by atoms with E-state index in [1.54, 1.807) is 0 Å². The second-order valence-corrected chi connectivity index (χ2v) is 2.75. The van der Waals surface area contributed by atoms with Gasteiger partial charge in [0.05, 0.1) is 11.9 Å². The monoisotopic (exact) mass is 307 g/mol. The summed E-state index contributed by atoms with van der Waals surface area (Å²) in [5, 5.41) is 35.7. The number of aliphatic hydroxyl groups is 2. The van der Waals surface area contributed by atoms with E-state index in [9.17, 15) is 19.8 Å². The fraction of sp³-hybridized carbons (Fsp3) is 0.500. The first-order valence-electron chi connectivity index (χ1n) is 2.91. The van der Waals surface area contributed by atoms with Crippen LogP contribution in [0.25, 0.3) is 0 Å². The van der Waals surface area contributed by atoms with Gasteiger partial charge in [-0.1, -0.05) is 0 Å². The Bertz CT molecular complexity index is 296. The first-order chi connectivity index (χ1) is 6.46. The van der Waals surface area contributed by atoms with Gasteiger partial charge in [-0.05, 0) is 0 Å². The van der Waals surface area contributed by atoms with Crippen molar-refractivity contribution in [3.8, 4) is 0 Å². The SMILES string of the molecule is O=C([O-])C(O)C(O)C(=O)[O-].O=S(=O)([O-])[O-].[Cu]. The minimum atomic E-state index is -5.17. The number of aliphatic hydroxyl groups excluding tert-OH is 2. The van der Waals surface area contributed by atoms with Crippen molar-refractivity contribution in [1.29, 1.82) is 0 Å². The van der Waals surface area contributed by atoms with E-state index in [0.29, 0.717) is 0 Å². The molecule has 0 saturated carbocycles. The third kappa shape index (κ3) is 15.7. The molecular formula is C4H4CuO10S-4. The van der Waals surface area contributed by atoms with Crippen LogP contribution in [-0.4, -0.2) is 51.9 Å². The van der Waals surface area contributed by atoms with Gasteiger partial charge >= 0.3 is 0 Å². The molecule has 16 heavy (non-hydrogen) atoms. The van der Waals surface area contributed by atoms with E-state index in [4.69, 9.17) is 27.7 Å². The molecule has 0 saturated heterocycles. The van der Waals surface area contributed by atoms with Crippen LogP contribution in [0.3, 0.4) is 0 Å². The van der Waals surface area contributed by atoms with Gasteiger partial charge in [0, 0.05) is 27.5 Å². The first kappa shape index (κ1) is 20.6. The Labute approximate surface area is 99.6 Å². The Balaban J connectivity index is -0.000000242. The predicted octanol–water partition coefficient (Wildman–Crippen LogP) is -6.13. The largest absolute Gasteiger partial charge is 0.759 e. The quantitative estimate of drug-likeness (QED) is 0.287. The molecule has 0 rings (SSSR count). The standard InChI is InChI=1S/C4H6O6.Cu.H2O4S/c5-1(3(7)8)2(6)4(9)10;;1-5(2,3)4/h1-2,5-6H,(H,7,8)(H,9,10);;(H2,1,2,3,4)/p-4. The van der Waals surface area contributed by atoms with Gasteiger partial charge in [0.25, 0.3) is 0 Å². The minimum absolute atomic E-state index is 0. The molecule has 0 aromatic heterocycles. The van der Waals surface area contributed by atoms with Crippen molar-refractivity contribution in [3.63, 3.8) is 0 Å². The topological polar surface area (TPSA) is 201 Å². The maximum Gasteiger partial charge on any atom is 0.124 e. The van der Waals surface area contributed by atoms with E-state index in [1.165, 1.54) is 0 Å². The van der Waals surface area contributed by atoms with E-state index >= 15 is 0 Å². The fourth-order valence-electron chi connectivity index (χ4n) is 0.258. The molecule has 2 unspecified atom stereocenters. The van der Waals surface area contributed by atoms with E-state index in [1.807, 2.05) is 0 Å². The Morgan fingerprint density at radius 1 is 0.938 bits per heavy atom. The number of carbonyl (C=O) groups is 2. The molecular weight excluding hydrogens is 304 g/mol. The van der Waals surface area contributed by atoms with Crippen LogP contribution in [0.2, 0.25) is 0 Å². The number of rotatable bonds is 3. The number of aliphatic carboxylic acids is 2. The number of carboxylic acids is 2. The van der Waals surface area contributed by atoms with Gasteiger partial charge < -0.3 is 39.1 Å². The first-order valence-corrected chi connectivity index (χ1v) is 4.24. The smallest absolute Gasteiger partial charge is 0.124 e. The molecule has 0 bridgehead atoms. The Kier molecular flexibility index (Phi) is 10.8. The van der Waals surface area contributed by atoms with Crippen LogP contribution in [0.4, 0.5) is 0 Å². The van der Waals surface area contributed by atoms with Crippen LogP contribution in [0, 0.1) is 0 Å². The Morgan fingerprint density at radius 2 is 1.06 bits per heavy atom. The number of carboxylic acid groups (broad SMARTS) is 2. The van der Waals surface area contributed by atoms with Crippen molar-refractivity contribution >= 4 is 22.3 Å². The van der Waals surface area contributed by atoms with Crippen molar-refractivity contribution in [2.45, 2.75) is 12.2 Å². The van der Waals surface area contributed by atoms with Gasteiger partial charge in [-0.2, -0.15) is 0 Å². The maximum absolute atomic E-state index is 9.63. The van der Waals surface area contributed by atoms with Crippen molar-refractivity contribution < 1.29 is 64.6 Å². The molecule has 10 nitrogen and oxygen atoms in total. The summed E-state index contributed by atoms with van der Waals surface area (Å²) in [6.07, 6.45) is -4.88. The fourth-order valence-corrected chi connectivity index (χ4v) is 0.258. The number of hydrogen-bond acceptors (Lipinski definition) is 10. The zero-order valence-corrected chi connectivity index (χ0v) is 8.78. The van der Waals surface area contributed by atoms with Crippen molar-refractivity contribution in [1.82, 2.24) is 0 Å². The van der Waals surface area contributed by atoms with Gasteiger partial charge in [0.2, 0.25) is 0 Å². The van der Waals surface area contributed by atoms with E-state index < -0.39 is 34.5 Å². The van der Waals surface area contributed by atoms with Crippen LogP contribution in [0.1, 0.15) is 0 Å². The second kappa shape index (κ2) is 8.41. The summed E-state index contributed by atoms with van der Waals surface area (Å²) < 4.78 is 34.1. The third-order valence-electron chi connectivity index (χ3n) is 0.782. The van der Waals surface area contributed by atoms with E-state index in [0.717, 1.165) is 0 Å². The molecule has 0 heterocycles. The third-order valence-corrected chi connectivity index (χ3v) is 0.782. The molecule has 101 valence electrons. The van der Waals surface area contributed by atoms with Gasteiger partial charge in [0.1, 0.15) is 12.2 Å². The summed E-state index contributed by atoms with van der Waals surface area (Å²) in [6, 6.07) is 0. The number of hydrogen-bond donors (Lipinski definition) is 2. The van der Waals surface area contributed by atoms with Gasteiger partial charge in [0.15, 0.2) is 0 Å². The molecule has 0 aliphatic rings. The van der Waals surface area contributed by atoms with Crippen LogP contribution in [-0.2, 0) is 37.1 Å². The average Bonchev–Trinajstić information content (AvgIpc) is 1.98. The molecule has 0 amide bonds. The van der Waals surface area contributed by atoms with Crippen LogP contribution in [0.5, 0.6) is 0 Å². The molecule has 12 heteroatoms. The molecule has 0 aromatic rings. The summed E-state index contributed by atoms with van der Waals surface area (Å²) in [6.45, 7) is 0. The summed E-state index contributed by atoms with van der Waals surface area (Å²) in [4.78, 5) is 19.3. The Hall–Kier alpha value is -0.751.